The molecular formula is C24H25N5O3S. The Bertz CT molecular complexity index is 1400. The van der Waals surface area contributed by atoms with Crippen molar-refractivity contribution in [2.24, 2.45) is 0 Å². The number of hydrogen-bond donors (Lipinski definition) is 1. The second-order valence-corrected chi connectivity index (χ2v) is 9.24. The van der Waals surface area contributed by atoms with E-state index in [4.69, 9.17) is 4.74 Å². The molecule has 8 nitrogen and oxygen atoms in total. The molecule has 1 saturated heterocycles. The van der Waals surface area contributed by atoms with Crippen LogP contribution in [0.1, 0.15) is 24.0 Å². The Morgan fingerprint density at radius 2 is 2.06 bits per heavy atom. The minimum Gasteiger partial charge on any atom is -0.376 e. The van der Waals surface area contributed by atoms with Gasteiger partial charge in [0, 0.05) is 13.2 Å². The molecule has 1 fully saturated rings. The van der Waals surface area contributed by atoms with Crippen molar-refractivity contribution in [3.8, 4) is 5.69 Å². The summed E-state index contributed by atoms with van der Waals surface area (Å²) in [6.07, 6.45) is 2.12. The number of para-hydroxylation sites is 1. The van der Waals surface area contributed by atoms with E-state index >= 15 is 0 Å². The summed E-state index contributed by atoms with van der Waals surface area (Å²) < 4.78 is 9.02. The molecule has 9 heteroatoms. The van der Waals surface area contributed by atoms with Gasteiger partial charge in [-0.2, -0.15) is 0 Å². The fraction of sp³-hybridized carbons (Fsp3) is 0.333. The molecule has 0 aliphatic carbocycles. The number of ether oxygens (including phenoxy) is 1. The first-order valence-electron chi connectivity index (χ1n) is 11.0. The molecule has 0 saturated carbocycles. The van der Waals surface area contributed by atoms with E-state index in [1.54, 1.807) is 10.6 Å². The van der Waals surface area contributed by atoms with Crippen molar-refractivity contribution in [1.82, 2.24) is 24.5 Å². The van der Waals surface area contributed by atoms with Crippen molar-refractivity contribution in [1.29, 1.82) is 0 Å². The van der Waals surface area contributed by atoms with Crippen LogP contribution in [0.15, 0.2) is 52.4 Å². The van der Waals surface area contributed by atoms with E-state index in [0.29, 0.717) is 28.4 Å². The van der Waals surface area contributed by atoms with Crippen LogP contribution in [-0.4, -0.2) is 50.1 Å². The standard InChI is InChI=1S/C24H25N5O3S/c1-15-9-10-19(16(2)12-15)28-22(31)18-7-3-4-8-20(18)29-23(28)26-27-24(29)33-14-21(30)25-13-17-6-5-11-32-17/h3-4,7-10,12,17H,5-6,11,13-14H2,1-2H3,(H,25,30). The van der Waals surface area contributed by atoms with Gasteiger partial charge in [-0.1, -0.05) is 41.6 Å². The third-order valence-electron chi connectivity index (χ3n) is 5.87. The molecule has 3 heterocycles. The maximum atomic E-state index is 13.5. The zero-order valence-corrected chi connectivity index (χ0v) is 19.4. The first-order valence-corrected chi connectivity index (χ1v) is 12.0. The quantitative estimate of drug-likeness (QED) is 0.442. The van der Waals surface area contributed by atoms with Crippen LogP contribution in [0.25, 0.3) is 22.4 Å². The Labute approximate surface area is 195 Å². The third-order valence-corrected chi connectivity index (χ3v) is 6.80. The molecule has 2 aromatic heterocycles. The molecule has 1 aliphatic rings. The maximum absolute atomic E-state index is 13.5. The van der Waals surface area contributed by atoms with Gasteiger partial charge in [0.1, 0.15) is 0 Å². The first kappa shape index (κ1) is 21.7. The number of benzene rings is 2. The summed E-state index contributed by atoms with van der Waals surface area (Å²) in [6.45, 7) is 5.28. The number of aryl methyl sites for hydroxylation is 2. The van der Waals surface area contributed by atoms with E-state index < -0.39 is 0 Å². The summed E-state index contributed by atoms with van der Waals surface area (Å²) in [7, 11) is 0. The van der Waals surface area contributed by atoms with E-state index in [-0.39, 0.29) is 23.3 Å². The Balaban J connectivity index is 1.53. The van der Waals surface area contributed by atoms with Gasteiger partial charge in [0.05, 0.1) is 28.4 Å². The van der Waals surface area contributed by atoms with Gasteiger partial charge in [-0.3, -0.25) is 14.0 Å². The van der Waals surface area contributed by atoms with Crippen molar-refractivity contribution in [2.45, 2.75) is 37.9 Å². The number of fused-ring (bicyclic) bond motifs is 3. The molecule has 0 radical (unpaired) electrons. The summed E-state index contributed by atoms with van der Waals surface area (Å²) >= 11 is 1.30. The monoisotopic (exact) mass is 463 g/mol. The van der Waals surface area contributed by atoms with Gasteiger partial charge >= 0.3 is 0 Å². The number of carbonyl (C=O) groups excluding carboxylic acids is 1. The fourth-order valence-electron chi connectivity index (χ4n) is 4.26. The van der Waals surface area contributed by atoms with Crippen LogP contribution in [0.3, 0.4) is 0 Å². The Morgan fingerprint density at radius 1 is 1.21 bits per heavy atom. The van der Waals surface area contributed by atoms with E-state index in [2.05, 4.69) is 15.5 Å². The van der Waals surface area contributed by atoms with E-state index in [9.17, 15) is 9.59 Å². The second-order valence-electron chi connectivity index (χ2n) is 8.29. The lowest BCUT2D eigenvalue weighted by Crippen LogP contribution is -2.32. The Morgan fingerprint density at radius 3 is 2.85 bits per heavy atom. The predicted molar refractivity (Wildman–Crippen MR) is 128 cm³/mol. The van der Waals surface area contributed by atoms with Crippen molar-refractivity contribution in [3.05, 3.63) is 63.9 Å². The summed E-state index contributed by atoms with van der Waals surface area (Å²) in [4.78, 5) is 25.9. The van der Waals surface area contributed by atoms with Crippen LogP contribution in [0.2, 0.25) is 0 Å². The summed E-state index contributed by atoms with van der Waals surface area (Å²) in [5, 5.41) is 12.8. The maximum Gasteiger partial charge on any atom is 0.267 e. The van der Waals surface area contributed by atoms with Crippen LogP contribution < -0.4 is 10.9 Å². The minimum absolute atomic E-state index is 0.0840. The van der Waals surface area contributed by atoms with Crippen LogP contribution in [0, 0.1) is 13.8 Å². The van der Waals surface area contributed by atoms with Gasteiger partial charge in [0.25, 0.3) is 5.56 Å². The highest BCUT2D eigenvalue weighted by Gasteiger charge is 2.20. The molecule has 0 bridgehead atoms. The van der Waals surface area contributed by atoms with Gasteiger partial charge in [-0.05, 0) is 50.5 Å². The zero-order chi connectivity index (χ0) is 22.9. The molecule has 170 valence electrons. The zero-order valence-electron chi connectivity index (χ0n) is 18.6. The number of nitrogens with zero attached hydrogens (tertiary/aromatic N) is 4. The summed E-state index contributed by atoms with van der Waals surface area (Å²) in [6, 6.07) is 13.4. The van der Waals surface area contributed by atoms with Gasteiger partial charge < -0.3 is 10.1 Å². The molecule has 1 atom stereocenters. The summed E-state index contributed by atoms with van der Waals surface area (Å²) in [5.74, 6) is 0.539. The molecule has 4 aromatic rings. The highest BCUT2D eigenvalue weighted by atomic mass is 32.2. The topological polar surface area (TPSA) is 90.5 Å². The number of carbonyl (C=O) groups is 1. The molecule has 1 unspecified atom stereocenters. The van der Waals surface area contributed by atoms with Crippen LogP contribution in [-0.2, 0) is 9.53 Å². The van der Waals surface area contributed by atoms with Crippen molar-refractivity contribution >= 4 is 34.3 Å². The van der Waals surface area contributed by atoms with Crippen LogP contribution in [0.5, 0.6) is 0 Å². The lowest BCUT2D eigenvalue weighted by Gasteiger charge is -2.14. The fourth-order valence-corrected chi connectivity index (χ4v) is 5.03. The van der Waals surface area contributed by atoms with Crippen molar-refractivity contribution in [2.75, 3.05) is 18.9 Å². The number of nitrogens with one attached hydrogen (secondary N) is 1. The highest BCUT2D eigenvalue weighted by molar-refractivity contribution is 7.99. The predicted octanol–water partition coefficient (Wildman–Crippen LogP) is 3.04. The van der Waals surface area contributed by atoms with Gasteiger partial charge in [0.2, 0.25) is 11.7 Å². The van der Waals surface area contributed by atoms with Gasteiger partial charge in [-0.25, -0.2) is 4.57 Å². The highest BCUT2D eigenvalue weighted by Crippen LogP contribution is 2.24. The Hall–Kier alpha value is -3.17. The molecule has 1 N–H and O–H groups in total. The lowest BCUT2D eigenvalue weighted by atomic mass is 10.1. The van der Waals surface area contributed by atoms with E-state index in [1.165, 1.54) is 11.8 Å². The second kappa shape index (κ2) is 8.99. The molecule has 1 amide bonds. The average molecular weight is 464 g/mol. The number of rotatable bonds is 6. The SMILES string of the molecule is Cc1ccc(-n2c(=O)c3ccccc3n3c(SCC(=O)NCC4CCCO4)nnc23)c(C)c1. The molecule has 0 spiro atoms. The summed E-state index contributed by atoms with van der Waals surface area (Å²) in [5.41, 5.74) is 3.42. The molecule has 33 heavy (non-hydrogen) atoms. The van der Waals surface area contributed by atoms with Gasteiger partial charge in [-0.15, -0.1) is 10.2 Å². The smallest absolute Gasteiger partial charge is 0.267 e. The number of thioether (sulfide) groups is 1. The molecule has 2 aromatic carbocycles. The largest absolute Gasteiger partial charge is 0.376 e. The lowest BCUT2D eigenvalue weighted by molar-refractivity contribution is -0.119. The van der Waals surface area contributed by atoms with Crippen molar-refractivity contribution < 1.29 is 9.53 Å². The molecule has 1 aliphatic heterocycles. The number of aromatic nitrogens is 4. The van der Waals surface area contributed by atoms with Gasteiger partial charge in [0.15, 0.2) is 5.16 Å². The minimum atomic E-state index is -0.150. The molecular weight excluding hydrogens is 438 g/mol. The third kappa shape index (κ3) is 4.14. The van der Waals surface area contributed by atoms with Crippen molar-refractivity contribution in [3.63, 3.8) is 0 Å². The van der Waals surface area contributed by atoms with E-state index in [0.717, 1.165) is 36.3 Å². The van der Waals surface area contributed by atoms with Crippen LogP contribution in [0.4, 0.5) is 0 Å². The van der Waals surface area contributed by atoms with E-state index in [1.807, 2.05) is 54.6 Å². The normalized spacial score (nSPS) is 16.0. The molecule has 5 rings (SSSR count). The Kier molecular flexibility index (Phi) is 5.90. The average Bonchev–Trinajstić information content (AvgIpc) is 3.48. The van der Waals surface area contributed by atoms with Crippen LogP contribution >= 0.6 is 11.8 Å². The first-order chi connectivity index (χ1) is 16.0. The number of hydrogen-bond acceptors (Lipinski definition) is 6. The number of amides is 1.